The Morgan fingerprint density at radius 3 is 2.86 bits per heavy atom. The molecule has 21 heavy (non-hydrogen) atoms. The minimum atomic E-state index is 0.327. The van der Waals surface area contributed by atoms with Gasteiger partial charge in [0.15, 0.2) is 0 Å². The Bertz CT molecular complexity index is 542. The summed E-state index contributed by atoms with van der Waals surface area (Å²) in [6, 6.07) is 8.82. The van der Waals surface area contributed by atoms with E-state index in [-0.39, 0.29) is 0 Å². The lowest BCUT2D eigenvalue weighted by molar-refractivity contribution is 0.394. The summed E-state index contributed by atoms with van der Waals surface area (Å²) in [7, 11) is 1.74. The van der Waals surface area contributed by atoms with Gasteiger partial charge >= 0.3 is 0 Å². The molecule has 0 saturated heterocycles. The molecule has 1 aromatic carbocycles. The number of hydrogen-bond acceptors (Lipinski definition) is 3. The van der Waals surface area contributed by atoms with Gasteiger partial charge in [0.25, 0.3) is 0 Å². The second-order valence-corrected chi connectivity index (χ2v) is 6.76. The second kappa shape index (κ2) is 8.57. The van der Waals surface area contributed by atoms with Crippen LogP contribution in [-0.2, 0) is 6.42 Å². The monoisotopic (exact) mass is 367 g/mol. The number of nitrogens with one attached hydrogen (secondary N) is 1. The summed E-state index contributed by atoms with van der Waals surface area (Å²) in [4.78, 5) is 0. The quantitative estimate of drug-likeness (QED) is 0.692. The summed E-state index contributed by atoms with van der Waals surface area (Å²) < 4.78 is 6.61. The Labute approximate surface area is 139 Å². The van der Waals surface area contributed by atoms with Crippen LogP contribution in [-0.4, -0.2) is 13.7 Å². The molecule has 1 unspecified atom stereocenters. The van der Waals surface area contributed by atoms with E-state index in [0.29, 0.717) is 6.04 Å². The Morgan fingerprint density at radius 2 is 2.19 bits per heavy atom. The lowest BCUT2D eigenvalue weighted by atomic mass is 9.99. The van der Waals surface area contributed by atoms with Crippen molar-refractivity contribution in [1.29, 1.82) is 0 Å². The highest BCUT2D eigenvalue weighted by Gasteiger charge is 2.16. The minimum absolute atomic E-state index is 0.327. The summed E-state index contributed by atoms with van der Waals surface area (Å²) in [6.45, 7) is 3.22. The van der Waals surface area contributed by atoms with Crippen molar-refractivity contribution in [3.05, 3.63) is 50.6 Å². The van der Waals surface area contributed by atoms with E-state index in [4.69, 9.17) is 4.74 Å². The van der Waals surface area contributed by atoms with Crippen molar-refractivity contribution in [2.45, 2.75) is 32.2 Å². The molecule has 0 bridgehead atoms. The van der Waals surface area contributed by atoms with Crippen LogP contribution in [0.15, 0.2) is 39.5 Å². The zero-order valence-electron chi connectivity index (χ0n) is 12.6. The summed E-state index contributed by atoms with van der Waals surface area (Å²) in [6.07, 6.45) is 3.30. The normalized spacial score (nSPS) is 12.3. The molecule has 114 valence electrons. The number of hydrogen-bond donors (Lipinski definition) is 1. The molecule has 1 atom stereocenters. The van der Waals surface area contributed by atoms with Gasteiger partial charge in [0.05, 0.1) is 7.11 Å². The molecule has 1 heterocycles. The third-order valence-corrected chi connectivity index (χ3v) is 4.74. The first-order valence-corrected chi connectivity index (χ1v) is 9.06. The van der Waals surface area contributed by atoms with Crippen LogP contribution < -0.4 is 10.1 Å². The molecule has 0 fully saturated rings. The Hall–Kier alpha value is -0.840. The summed E-state index contributed by atoms with van der Waals surface area (Å²) in [5, 5.41) is 8.03. The van der Waals surface area contributed by atoms with Crippen LogP contribution >= 0.6 is 27.3 Å². The lowest BCUT2D eigenvalue weighted by Crippen LogP contribution is -2.23. The molecule has 2 rings (SSSR count). The first-order chi connectivity index (χ1) is 10.2. The number of methoxy groups -OCH3 is 1. The van der Waals surface area contributed by atoms with Gasteiger partial charge in [-0.2, -0.15) is 11.3 Å². The van der Waals surface area contributed by atoms with E-state index in [1.54, 1.807) is 18.4 Å². The van der Waals surface area contributed by atoms with Gasteiger partial charge in [0.2, 0.25) is 0 Å². The van der Waals surface area contributed by atoms with Crippen molar-refractivity contribution < 1.29 is 4.74 Å². The molecule has 1 N–H and O–H groups in total. The van der Waals surface area contributed by atoms with Crippen molar-refractivity contribution >= 4 is 27.3 Å². The fraction of sp³-hybridized carbons (Fsp3) is 0.412. The third kappa shape index (κ3) is 4.83. The highest BCUT2D eigenvalue weighted by Crippen LogP contribution is 2.31. The van der Waals surface area contributed by atoms with Gasteiger partial charge in [-0.15, -0.1) is 0 Å². The van der Waals surface area contributed by atoms with Crippen molar-refractivity contribution in [3.8, 4) is 5.75 Å². The zero-order valence-corrected chi connectivity index (χ0v) is 15.0. The van der Waals surface area contributed by atoms with Crippen molar-refractivity contribution in [2.24, 2.45) is 0 Å². The Morgan fingerprint density at radius 1 is 1.33 bits per heavy atom. The van der Waals surface area contributed by atoms with Gasteiger partial charge in [-0.1, -0.05) is 28.9 Å². The summed E-state index contributed by atoms with van der Waals surface area (Å²) in [5.41, 5.74) is 2.66. The fourth-order valence-electron chi connectivity index (χ4n) is 2.40. The van der Waals surface area contributed by atoms with E-state index >= 15 is 0 Å². The molecule has 2 nitrogen and oxygen atoms in total. The molecule has 0 radical (unpaired) electrons. The SMILES string of the molecule is CCCNC(CCc1ccsc1)c1ccc(Br)cc1OC. The molecular weight excluding hydrogens is 346 g/mol. The van der Waals surface area contributed by atoms with Crippen molar-refractivity contribution in [2.75, 3.05) is 13.7 Å². The minimum Gasteiger partial charge on any atom is -0.496 e. The molecule has 2 aromatic rings. The molecular formula is C17H22BrNOS. The maximum absolute atomic E-state index is 5.56. The van der Waals surface area contributed by atoms with Gasteiger partial charge in [-0.05, 0) is 60.3 Å². The van der Waals surface area contributed by atoms with Crippen LogP contribution in [0.5, 0.6) is 5.75 Å². The average molecular weight is 368 g/mol. The van der Waals surface area contributed by atoms with E-state index in [2.05, 4.69) is 57.1 Å². The number of halogens is 1. The highest BCUT2D eigenvalue weighted by molar-refractivity contribution is 9.10. The first kappa shape index (κ1) is 16.5. The Balaban J connectivity index is 2.14. The van der Waals surface area contributed by atoms with E-state index in [9.17, 15) is 0 Å². The molecule has 0 amide bonds. The van der Waals surface area contributed by atoms with Gasteiger partial charge in [0, 0.05) is 16.1 Å². The van der Waals surface area contributed by atoms with Crippen LogP contribution in [0, 0.1) is 0 Å². The average Bonchev–Trinajstić information content (AvgIpc) is 3.01. The fourth-order valence-corrected chi connectivity index (χ4v) is 3.45. The smallest absolute Gasteiger partial charge is 0.124 e. The first-order valence-electron chi connectivity index (χ1n) is 7.32. The van der Waals surface area contributed by atoms with Crippen molar-refractivity contribution in [3.63, 3.8) is 0 Å². The number of rotatable bonds is 8. The number of benzene rings is 1. The maximum Gasteiger partial charge on any atom is 0.124 e. The second-order valence-electron chi connectivity index (χ2n) is 5.06. The van der Waals surface area contributed by atoms with Gasteiger partial charge in [-0.25, -0.2) is 0 Å². The molecule has 0 aliphatic carbocycles. The van der Waals surface area contributed by atoms with E-state index in [1.807, 2.05) is 6.07 Å². The van der Waals surface area contributed by atoms with Crippen LogP contribution in [0.3, 0.4) is 0 Å². The predicted molar refractivity (Wildman–Crippen MR) is 94.4 cm³/mol. The van der Waals surface area contributed by atoms with Gasteiger partial charge in [0.1, 0.15) is 5.75 Å². The van der Waals surface area contributed by atoms with Crippen LogP contribution in [0.4, 0.5) is 0 Å². The van der Waals surface area contributed by atoms with Crippen LogP contribution in [0.25, 0.3) is 0 Å². The lowest BCUT2D eigenvalue weighted by Gasteiger charge is -2.21. The summed E-state index contributed by atoms with van der Waals surface area (Å²) >= 11 is 5.27. The van der Waals surface area contributed by atoms with E-state index < -0.39 is 0 Å². The molecule has 0 saturated carbocycles. The number of ether oxygens (including phenoxy) is 1. The van der Waals surface area contributed by atoms with Gasteiger partial charge in [-0.3, -0.25) is 0 Å². The summed E-state index contributed by atoms with van der Waals surface area (Å²) in [5.74, 6) is 0.947. The molecule has 4 heteroatoms. The van der Waals surface area contributed by atoms with Crippen LogP contribution in [0.2, 0.25) is 0 Å². The molecule has 1 aromatic heterocycles. The van der Waals surface area contributed by atoms with Gasteiger partial charge < -0.3 is 10.1 Å². The zero-order chi connectivity index (χ0) is 15.1. The van der Waals surface area contributed by atoms with Crippen molar-refractivity contribution in [1.82, 2.24) is 5.32 Å². The molecule has 0 aliphatic heterocycles. The Kier molecular flexibility index (Phi) is 6.74. The third-order valence-electron chi connectivity index (χ3n) is 3.51. The number of aryl methyl sites for hydroxylation is 1. The standard InChI is InChI=1S/C17H22BrNOS/c1-3-9-19-16(7-4-13-8-10-21-12-13)15-6-5-14(18)11-17(15)20-2/h5-6,8,10-12,16,19H,3-4,7,9H2,1-2H3. The van der Waals surface area contributed by atoms with E-state index in [0.717, 1.165) is 36.0 Å². The molecule has 0 spiro atoms. The van der Waals surface area contributed by atoms with E-state index in [1.165, 1.54) is 11.1 Å². The molecule has 0 aliphatic rings. The van der Waals surface area contributed by atoms with Crippen LogP contribution in [0.1, 0.15) is 36.9 Å². The number of thiophene rings is 1. The maximum atomic E-state index is 5.56. The predicted octanol–water partition coefficient (Wildman–Crippen LogP) is 5.19. The highest BCUT2D eigenvalue weighted by atomic mass is 79.9. The largest absolute Gasteiger partial charge is 0.496 e. The topological polar surface area (TPSA) is 21.3 Å².